The van der Waals surface area contributed by atoms with Crippen molar-refractivity contribution in [2.45, 2.75) is 38.8 Å². The van der Waals surface area contributed by atoms with Gasteiger partial charge >= 0.3 is 11.9 Å². The van der Waals surface area contributed by atoms with Crippen molar-refractivity contribution in [1.82, 2.24) is 10.6 Å². The molecule has 0 aromatic carbocycles. The highest BCUT2D eigenvalue weighted by atomic mass is 16.4. The Morgan fingerprint density at radius 1 is 1.05 bits per heavy atom. The molecule has 0 aliphatic rings. The molecule has 0 aliphatic heterocycles. The van der Waals surface area contributed by atoms with Gasteiger partial charge in [-0.3, -0.25) is 14.4 Å². The molecule has 2 atom stereocenters. The van der Waals surface area contributed by atoms with Gasteiger partial charge in [-0.1, -0.05) is 13.8 Å². The largest absolute Gasteiger partial charge is 0.481 e. The van der Waals surface area contributed by atoms with E-state index in [-0.39, 0.29) is 12.3 Å². The molecular weight excluding hydrogens is 282 g/mol. The lowest BCUT2D eigenvalue weighted by molar-refractivity contribution is -0.143. The van der Waals surface area contributed by atoms with Crippen molar-refractivity contribution in [2.24, 2.45) is 11.7 Å². The van der Waals surface area contributed by atoms with E-state index in [1.54, 1.807) is 13.8 Å². The number of amides is 2. The summed E-state index contributed by atoms with van der Waals surface area (Å²) in [6, 6.07) is -2.52. The van der Waals surface area contributed by atoms with Crippen LogP contribution in [0.4, 0.5) is 0 Å². The Morgan fingerprint density at radius 3 is 2.00 bits per heavy atom. The van der Waals surface area contributed by atoms with Crippen LogP contribution in [0.2, 0.25) is 0 Å². The molecule has 0 saturated carbocycles. The van der Waals surface area contributed by atoms with Gasteiger partial charge in [0.15, 0.2) is 0 Å². The second-order valence-corrected chi connectivity index (χ2v) is 4.95. The number of carbonyl (C=O) groups is 4. The van der Waals surface area contributed by atoms with Crippen molar-refractivity contribution in [3.8, 4) is 0 Å². The van der Waals surface area contributed by atoms with Gasteiger partial charge in [-0.15, -0.1) is 0 Å². The topological polar surface area (TPSA) is 159 Å². The lowest BCUT2D eigenvalue weighted by atomic mass is 10.0. The lowest BCUT2D eigenvalue weighted by Gasteiger charge is -2.21. The minimum absolute atomic E-state index is 0.0166. The molecule has 0 heterocycles. The number of hydrogen-bond acceptors (Lipinski definition) is 5. The first kappa shape index (κ1) is 18.8. The molecule has 0 bridgehead atoms. The summed E-state index contributed by atoms with van der Waals surface area (Å²) in [5.74, 6) is -4.08. The zero-order chi connectivity index (χ0) is 16.6. The maximum Gasteiger partial charge on any atom is 0.326 e. The monoisotopic (exact) mass is 303 g/mol. The fraction of sp³-hybridized carbons (Fsp3) is 0.667. The minimum atomic E-state index is -1.37. The smallest absolute Gasteiger partial charge is 0.326 e. The number of rotatable bonds is 9. The van der Waals surface area contributed by atoms with Crippen molar-refractivity contribution in [3.05, 3.63) is 0 Å². The molecule has 0 rings (SSSR count). The number of nitrogens with two attached hydrogens (primary N) is 1. The first-order valence-corrected chi connectivity index (χ1v) is 6.41. The molecule has 2 unspecified atom stereocenters. The Bertz CT molecular complexity index is 410. The molecule has 0 aromatic heterocycles. The Labute approximate surface area is 121 Å². The van der Waals surface area contributed by atoms with Gasteiger partial charge in [0, 0.05) is 0 Å². The van der Waals surface area contributed by atoms with Crippen molar-refractivity contribution in [1.29, 1.82) is 0 Å². The van der Waals surface area contributed by atoms with Crippen molar-refractivity contribution >= 4 is 23.8 Å². The molecule has 21 heavy (non-hydrogen) atoms. The third-order valence-electron chi connectivity index (χ3n) is 2.54. The first-order chi connectivity index (χ1) is 9.67. The minimum Gasteiger partial charge on any atom is -0.481 e. The molecule has 0 aliphatic carbocycles. The van der Waals surface area contributed by atoms with Crippen LogP contribution in [-0.4, -0.2) is 52.6 Å². The zero-order valence-corrected chi connectivity index (χ0v) is 12.0. The van der Waals surface area contributed by atoms with E-state index < -0.39 is 48.8 Å². The third-order valence-corrected chi connectivity index (χ3v) is 2.54. The van der Waals surface area contributed by atoms with Crippen LogP contribution >= 0.6 is 0 Å². The average molecular weight is 303 g/mol. The number of carboxylic acids is 2. The Balaban J connectivity index is 4.87. The third kappa shape index (κ3) is 7.88. The molecular formula is C12H21N3O6. The molecule has 0 saturated heterocycles. The highest BCUT2D eigenvalue weighted by molar-refractivity contribution is 5.93. The van der Waals surface area contributed by atoms with Gasteiger partial charge in [-0.05, 0) is 12.3 Å². The molecule has 0 fully saturated rings. The lowest BCUT2D eigenvalue weighted by Crippen LogP contribution is -2.53. The second kappa shape index (κ2) is 8.90. The summed E-state index contributed by atoms with van der Waals surface area (Å²) in [7, 11) is 0. The van der Waals surface area contributed by atoms with Gasteiger partial charge in [0.1, 0.15) is 12.1 Å². The summed E-state index contributed by atoms with van der Waals surface area (Å²) in [6.07, 6.45) is -0.475. The van der Waals surface area contributed by atoms with Crippen LogP contribution in [0.3, 0.4) is 0 Å². The Morgan fingerprint density at radius 2 is 1.62 bits per heavy atom. The van der Waals surface area contributed by atoms with Gasteiger partial charge in [0.2, 0.25) is 11.8 Å². The van der Waals surface area contributed by atoms with E-state index in [9.17, 15) is 19.2 Å². The molecule has 9 nitrogen and oxygen atoms in total. The summed E-state index contributed by atoms with van der Waals surface area (Å²) in [5.41, 5.74) is 5.08. The Hall–Kier alpha value is -2.16. The van der Waals surface area contributed by atoms with E-state index in [0.29, 0.717) is 0 Å². The maximum atomic E-state index is 11.9. The van der Waals surface area contributed by atoms with Crippen molar-refractivity contribution < 1.29 is 29.4 Å². The van der Waals surface area contributed by atoms with Gasteiger partial charge in [0.25, 0.3) is 0 Å². The highest BCUT2D eigenvalue weighted by Gasteiger charge is 2.28. The van der Waals surface area contributed by atoms with Gasteiger partial charge in [0.05, 0.1) is 13.0 Å². The van der Waals surface area contributed by atoms with Crippen molar-refractivity contribution in [2.75, 3.05) is 6.54 Å². The summed E-state index contributed by atoms with van der Waals surface area (Å²) in [5, 5.41) is 22.1. The first-order valence-electron chi connectivity index (χ1n) is 6.41. The summed E-state index contributed by atoms with van der Waals surface area (Å²) in [6.45, 7) is 3.16. The quantitative estimate of drug-likeness (QED) is 0.347. The van der Waals surface area contributed by atoms with E-state index in [2.05, 4.69) is 10.6 Å². The zero-order valence-electron chi connectivity index (χ0n) is 12.0. The fourth-order valence-corrected chi connectivity index (χ4v) is 1.60. The van der Waals surface area contributed by atoms with E-state index >= 15 is 0 Å². The van der Waals surface area contributed by atoms with E-state index in [0.717, 1.165) is 0 Å². The summed E-state index contributed by atoms with van der Waals surface area (Å²) >= 11 is 0. The molecule has 2 amide bonds. The SMILES string of the molecule is CC(C)CC(NC(=O)C(CC(=O)O)NC(=O)CN)C(=O)O. The van der Waals surface area contributed by atoms with Crippen LogP contribution in [0, 0.1) is 5.92 Å². The van der Waals surface area contributed by atoms with Crippen LogP contribution in [0.5, 0.6) is 0 Å². The van der Waals surface area contributed by atoms with E-state index in [4.69, 9.17) is 15.9 Å². The standard InChI is InChI=1S/C12H21N3O6/c1-6(2)3-8(12(20)21)15-11(19)7(4-10(17)18)14-9(16)5-13/h6-8H,3-5,13H2,1-2H3,(H,14,16)(H,15,19)(H,17,18)(H,20,21). The van der Waals surface area contributed by atoms with E-state index in [1.807, 2.05) is 0 Å². The van der Waals surface area contributed by atoms with Gasteiger partial charge in [-0.2, -0.15) is 0 Å². The molecule has 6 N–H and O–H groups in total. The second-order valence-electron chi connectivity index (χ2n) is 4.95. The number of carbonyl (C=O) groups excluding carboxylic acids is 2. The molecule has 0 spiro atoms. The predicted octanol–water partition coefficient (Wildman–Crippen LogP) is -1.48. The molecule has 9 heteroatoms. The summed E-state index contributed by atoms with van der Waals surface area (Å²) in [4.78, 5) is 44.9. The Kier molecular flexibility index (Phi) is 7.99. The number of carboxylic acid groups (broad SMARTS) is 2. The van der Waals surface area contributed by atoms with Crippen LogP contribution in [0.25, 0.3) is 0 Å². The normalized spacial score (nSPS) is 13.3. The number of hydrogen-bond donors (Lipinski definition) is 5. The van der Waals surface area contributed by atoms with E-state index in [1.165, 1.54) is 0 Å². The summed E-state index contributed by atoms with van der Waals surface area (Å²) < 4.78 is 0. The predicted molar refractivity (Wildman–Crippen MR) is 72.3 cm³/mol. The fourth-order valence-electron chi connectivity index (χ4n) is 1.60. The maximum absolute atomic E-state index is 11.9. The van der Waals surface area contributed by atoms with Crippen LogP contribution in [0.1, 0.15) is 26.7 Å². The number of aliphatic carboxylic acids is 2. The molecule has 120 valence electrons. The van der Waals surface area contributed by atoms with Crippen LogP contribution in [-0.2, 0) is 19.2 Å². The highest BCUT2D eigenvalue weighted by Crippen LogP contribution is 2.06. The van der Waals surface area contributed by atoms with Crippen LogP contribution < -0.4 is 16.4 Å². The number of nitrogens with one attached hydrogen (secondary N) is 2. The molecule has 0 radical (unpaired) electrons. The van der Waals surface area contributed by atoms with Gasteiger partial charge < -0.3 is 26.6 Å². The average Bonchev–Trinajstić information content (AvgIpc) is 2.35. The van der Waals surface area contributed by atoms with Crippen molar-refractivity contribution in [3.63, 3.8) is 0 Å². The van der Waals surface area contributed by atoms with Gasteiger partial charge in [-0.25, -0.2) is 4.79 Å². The van der Waals surface area contributed by atoms with Crippen LogP contribution in [0.15, 0.2) is 0 Å². The molecule has 0 aromatic rings.